The summed E-state index contributed by atoms with van der Waals surface area (Å²) in [6.07, 6.45) is 0.111. The van der Waals surface area contributed by atoms with Gasteiger partial charge in [0.05, 0.1) is 17.4 Å². The molecule has 1 amide bonds. The van der Waals surface area contributed by atoms with Crippen molar-refractivity contribution < 1.29 is 14.3 Å². The zero-order valence-corrected chi connectivity index (χ0v) is 9.19. The van der Waals surface area contributed by atoms with Crippen molar-refractivity contribution in [3.63, 3.8) is 0 Å². The van der Waals surface area contributed by atoms with Crippen molar-refractivity contribution in [1.82, 2.24) is 0 Å². The summed E-state index contributed by atoms with van der Waals surface area (Å²) in [7, 11) is 0. The topological polar surface area (TPSA) is 92.6 Å². The number of benzene rings is 1. The number of halogens is 1. The molecule has 1 aromatic rings. The number of nitrogens with two attached hydrogens (primary N) is 2. The predicted octanol–water partition coefficient (Wildman–Crippen LogP) is 0.0778. The van der Waals surface area contributed by atoms with Crippen LogP contribution >= 0.6 is 0 Å². The van der Waals surface area contributed by atoms with Crippen molar-refractivity contribution in [2.45, 2.75) is 12.5 Å². The molecule has 0 bridgehead atoms. The van der Waals surface area contributed by atoms with Crippen LogP contribution in [0, 0.1) is 5.82 Å². The predicted molar refractivity (Wildman–Crippen MR) is 62.2 cm³/mol. The lowest BCUT2D eigenvalue weighted by Gasteiger charge is -2.19. The lowest BCUT2D eigenvalue weighted by Crippen LogP contribution is -2.23. The highest BCUT2D eigenvalue weighted by molar-refractivity contribution is 5.99. The van der Waals surface area contributed by atoms with Crippen LogP contribution in [-0.2, 0) is 0 Å². The minimum atomic E-state index is -0.691. The summed E-state index contributed by atoms with van der Waals surface area (Å²) in [5, 5.41) is 9.40. The highest BCUT2D eigenvalue weighted by Gasteiger charge is 2.24. The van der Waals surface area contributed by atoms with E-state index in [1.807, 2.05) is 0 Å². The Morgan fingerprint density at radius 2 is 2.24 bits per heavy atom. The molecule has 1 unspecified atom stereocenters. The van der Waals surface area contributed by atoms with Crippen molar-refractivity contribution in [1.29, 1.82) is 0 Å². The average molecular weight is 239 g/mol. The van der Waals surface area contributed by atoms with Crippen LogP contribution in [0.25, 0.3) is 0 Å². The van der Waals surface area contributed by atoms with E-state index in [1.54, 1.807) is 4.90 Å². The van der Waals surface area contributed by atoms with Gasteiger partial charge in [-0.15, -0.1) is 0 Å². The first-order valence-corrected chi connectivity index (χ1v) is 5.31. The molecule has 0 radical (unpaired) electrons. The fourth-order valence-corrected chi connectivity index (χ4v) is 1.99. The molecule has 6 heteroatoms. The van der Waals surface area contributed by atoms with E-state index < -0.39 is 17.8 Å². The van der Waals surface area contributed by atoms with Gasteiger partial charge in [0.2, 0.25) is 0 Å². The first-order valence-electron chi connectivity index (χ1n) is 5.31. The van der Waals surface area contributed by atoms with Gasteiger partial charge in [-0.3, -0.25) is 4.79 Å². The highest BCUT2D eigenvalue weighted by Crippen LogP contribution is 2.28. The third-order valence-corrected chi connectivity index (χ3v) is 2.89. The number of hydrogen-bond donors (Lipinski definition) is 3. The van der Waals surface area contributed by atoms with Crippen molar-refractivity contribution >= 4 is 17.3 Å². The molecule has 1 atom stereocenters. The van der Waals surface area contributed by atoms with E-state index in [1.165, 1.54) is 6.07 Å². The number of rotatable bonds is 2. The number of nitrogens with zero attached hydrogens (tertiary/aromatic N) is 1. The summed E-state index contributed by atoms with van der Waals surface area (Å²) in [5.74, 6) is -1.20. The monoisotopic (exact) mass is 239 g/mol. The van der Waals surface area contributed by atoms with E-state index in [2.05, 4.69) is 0 Å². The summed E-state index contributed by atoms with van der Waals surface area (Å²) in [6.45, 7) is 0.888. The number of primary amides is 1. The second-order valence-electron chi connectivity index (χ2n) is 4.14. The summed E-state index contributed by atoms with van der Waals surface area (Å²) < 4.78 is 13.7. The molecule has 17 heavy (non-hydrogen) atoms. The van der Waals surface area contributed by atoms with Crippen LogP contribution in [0.2, 0.25) is 0 Å². The van der Waals surface area contributed by atoms with Gasteiger partial charge in [0.15, 0.2) is 0 Å². The van der Waals surface area contributed by atoms with Gasteiger partial charge in [0.25, 0.3) is 5.91 Å². The number of amides is 1. The Balaban J connectivity index is 2.40. The van der Waals surface area contributed by atoms with Gasteiger partial charge in [-0.25, -0.2) is 4.39 Å². The van der Waals surface area contributed by atoms with Gasteiger partial charge in [0.1, 0.15) is 5.82 Å². The molecular formula is C11H14FN3O2. The van der Waals surface area contributed by atoms with Gasteiger partial charge in [0, 0.05) is 18.8 Å². The number of carbonyl (C=O) groups is 1. The molecule has 1 aliphatic rings. The Morgan fingerprint density at radius 3 is 2.76 bits per heavy atom. The maximum Gasteiger partial charge on any atom is 0.250 e. The molecule has 92 valence electrons. The zero-order valence-electron chi connectivity index (χ0n) is 9.19. The third kappa shape index (κ3) is 2.16. The number of hydrogen-bond acceptors (Lipinski definition) is 4. The molecule has 1 heterocycles. The quantitative estimate of drug-likeness (QED) is 0.637. The summed E-state index contributed by atoms with van der Waals surface area (Å²) in [4.78, 5) is 12.8. The van der Waals surface area contributed by atoms with Crippen molar-refractivity contribution in [3.05, 3.63) is 23.5 Å². The van der Waals surface area contributed by atoms with Gasteiger partial charge >= 0.3 is 0 Å². The van der Waals surface area contributed by atoms with Crippen LogP contribution in [0.1, 0.15) is 16.8 Å². The van der Waals surface area contributed by atoms with E-state index in [-0.39, 0.29) is 16.9 Å². The molecular weight excluding hydrogens is 225 g/mol. The van der Waals surface area contributed by atoms with E-state index in [0.717, 1.165) is 6.07 Å². The fourth-order valence-electron chi connectivity index (χ4n) is 1.99. The fraction of sp³-hybridized carbons (Fsp3) is 0.364. The van der Waals surface area contributed by atoms with Crippen LogP contribution in [0.15, 0.2) is 12.1 Å². The molecule has 1 fully saturated rings. The molecule has 1 aliphatic heterocycles. The Kier molecular flexibility index (Phi) is 2.89. The summed E-state index contributed by atoms with van der Waals surface area (Å²) >= 11 is 0. The molecule has 0 saturated carbocycles. The molecule has 1 saturated heterocycles. The number of β-amino-alcohol motifs (C(OH)–C–C–N with tert-alkyl or cyclic N) is 1. The maximum absolute atomic E-state index is 13.7. The highest BCUT2D eigenvalue weighted by atomic mass is 19.1. The zero-order chi connectivity index (χ0) is 12.6. The lowest BCUT2D eigenvalue weighted by molar-refractivity contribution is 0.100. The normalized spacial score (nSPS) is 19.6. The molecule has 1 aromatic carbocycles. The molecule has 0 aromatic heterocycles. The van der Waals surface area contributed by atoms with Gasteiger partial charge in [-0.05, 0) is 18.6 Å². The lowest BCUT2D eigenvalue weighted by atomic mass is 10.1. The smallest absolute Gasteiger partial charge is 0.250 e. The number of anilines is 2. The van der Waals surface area contributed by atoms with Crippen LogP contribution < -0.4 is 16.4 Å². The first kappa shape index (κ1) is 11.7. The standard InChI is InChI=1S/C11H14FN3O2/c12-8-4-9(13)7(11(14)17)3-10(8)15-2-1-6(16)5-15/h3-4,6,16H,1-2,5,13H2,(H2,14,17). The first-order chi connectivity index (χ1) is 7.99. The minimum absolute atomic E-state index is 0.0264. The summed E-state index contributed by atoms with van der Waals surface area (Å²) in [6, 6.07) is 2.42. The van der Waals surface area contributed by atoms with Crippen LogP contribution in [0.4, 0.5) is 15.8 Å². The Hall–Kier alpha value is -1.82. The minimum Gasteiger partial charge on any atom is -0.398 e. The van der Waals surface area contributed by atoms with E-state index in [0.29, 0.717) is 19.5 Å². The number of aliphatic hydroxyl groups is 1. The van der Waals surface area contributed by atoms with E-state index in [9.17, 15) is 14.3 Å². The molecule has 2 rings (SSSR count). The van der Waals surface area contributed by atoms with Crippen LogP contribution in [-0.4, -0.2) is 30.2 Å². The third-order valence-electron chi connectivity index (χ3n) is 2.89. The second kappa shape index (κ2) is 4.21. The van der Waals surface area contributed by atoms with Crippen molar-refractivity contribution in [2.75, 3.05) is 23.7 Å². The van der Waals surface area contributed by atoms with Crippen molar-refractivity contribution in [2.24, 2.45) is 5.73 Å². The number of carbonyl (C=O) groups excluding carboxylic acids is 1. The van der Waals surface area contributed by atoms with Crippen LogP contribution in [0.3, 0.4) is 0 Å². The Bertz CT molecular complexity index is 464. The summed E-state index contributed by atoms with van der Waals surface area (Å²) in [5.41, 5.74) is 11.0. The molecule has 0 spiro atoms. The molecule has 0 aliphatic carbocycles. The van der Waals surface area contributed by atoms with Gasteiger partial charge in [-0.2, -0.15) is 0 Å². The molecule has 5 nitrogen and oxygen atoms in total. The van der Waals surface area contributed by atoms with Gasteiger partial charge < -0.3 is 21.5 Å². The Labute approximate surface area is 97.8 Å². The second-order valence-corrected chi connectivity index (χ2v) is 4.14. The maximum atomic E-state index is 13.7. The van der Waals surface area contributed by atoms with Crippen molar-refractivity contribution in [3.8, 4) is 0 Å². The number of nitrogen functional groups attached to an aromatic ring is 1. The van der Waals surface area contributed by atoms with E-state index in [4.69, 9.17) is 11.5 Å². The van der Waals surface area contributed by atoms with Gasteiger partial charge in [-0.1, -0.05) is 0 Å². The molecule has 5 N–H and O–H groups in total. The van der Waals surface area contributed by atoms with E-state index >= 15 is 0 Å². The largest absolute Gasteiger partial charge is 0.398 e. The average Bonchev–Trinajstić information content (AvgIpc) is 2.64. The number of aliphatic hydroxyl groups excluding tert-OH is 1. The van der Waals surface area contributed by atoms with Crippen LogP contribution in [0.5, 0.6) is 0 Å². The Morgan fingerprint density at radius 1 is 1.53 bits per heavy atom. The SMILES string of the molecule is NC(=O)c1cc(N2CCC(O)C2)c(F)cc1N.